The van der Waals surface area contributed by atoms with Gasteiger partial charge in [-0.25, -0.2) is 22.4 Å². The third-order valence-corrected chi connectivity index (χ3v) is 2.54. The van der Waals surface area contributed by atoms with Gasteiger partial charge in [-0.05, 0) is 19.9 Å². The minimum Gasteiger partial charge on any atom is -0.459 e. The largest absolute Gasteiger partial charge is 0.459 e. The Morgan fingerprint density at radius 3 is 2.13 bits per heavy atom. The van der Waals surface area contributed by atoms with Crippen molar-refractivity contribution in [3.63, 3.8) is 0 Å². The molecule has 0 heterocycles. The van der Waals surface area contributed by atoms with Gasteiger partial charge in [0.05, 0.1) is 11.7 Å². The quantitative estimate of drug-likeness (QED) is 0.121. The normalized spacial score (nSPS) is 11.6. The van der Waals surface area contributed by atoms with Gasteiger partial charge in [-0.2, -0.15) is 0 Å². The molecule has 0 saturated heterocycles. The van der Waals surface area contributed by atoms with Gasteiger partial charge in [0.15, 0.2) is 23.3 Å². The number of Topliss-reactive ketones (excluding diaryl/α,β-unsaturated/α-hetero) is 1. The number of carbonyl (C=O) groups is 2. The Balaban J connectivity index is 3.40. The number of carbonyl (C=O) groups excluding carboxylic acids is 2. The zero-order valence-electron chi connectivity index (χ0n) is 12.9. The molecule has 8 heteroatoms. The predicted molar refractivity (Wildman–Crippen MR) is 73.6 cm³/mol. The summed E-state index contributed by atoms with van der Waals surface area (Å²) >= 11 is 0. The number of hydrogen-bond donors (Lipinski definition) is 0. The van der Waals surface area contributed by atoms with E-state index in [1.165, 1.54) is 32.8 Å². The first-order valence-corrected chi connectivity index (χ1v) is 6.53. The molecule has 0 amide bonds. The molecule has 1 aromatic carbocycles. The zero-order valence-corrected chi connectivity index (χ0v) is 12.9. The average Bonchev–Trinajstić information content (AvgIpc) is 2.44. The van der Waals surface area contributed by atoms with E-state index in [-0.39, 0.29) is 6.07 Å². The van der Waals surface area contributed by atoms with Gasteiger partial charge >= 0.3 is 5.97 Å². The van der Waals surface area contributed by atoms with Crippen LogP contribution in [0.4, 0.5) is 17.6 Å². The fraction of sp³-hybridized carbons (Fsp3) is 0.333. The molecule has 23 heavy (non-hydrogen) atoms. The van der Waals surface area contributed by atoms with Crippen molar-refractivity contribution in [2.75, 3.05) is 14.1 Å². The third-order valence-electron chi connectivity index (χ3n) is 2.54. The Kier molecular flexibility index (Phi) is 5.89. The minimum absolute atomic E-state index is 0.197. The Morgan fingerprint density at radius 2 is 1.65 bits per heavy atom. The molecular formula is C15H15F4NO3. The van der Waals surface area contributed by atoms with E-state index in [2.05, 4.69) is 0 Å². The minimum atomic E-state index is -2.13. The summed E-state index contributed by atoms with van der Waals surface area (Å²) in [4.78, 5) is 25.5. The van der Waals surface area contributed by atoms with Crippen LogP contribution >= 0.6 is 0 Å². The summed E-state index contributed by atoms with van der Waals surface area (Å²) in [5.41, 5.74) is -1.75. The maximum atomic E-state index is 13.7. The first-order chi connectivity index (χ1) is 10.6. The SMILES string of the molecule is CC(C)OC(=O)C(=CN(C)C)C(=O)c1cc(F)c(F)c(F)c1F. The van der Waals surface area contributed by atoms with Crippen molar-refractivity contribution in [2.24, 2.45) is 0 Å². The fourth-order valence-electron chi connectivity index (χ4n) is 1.62. The summed E-state index contributed by atoms with van der Waals surface area (Å²) in [7, 11) is 2.94. The maximum Gasteiger partial charge on any atom is 0.343 e. The topological polar surface area (TPSA) is 46.6 Å². The molecule has 0 aromatic heterocycles. The lowest BCUT2D eigenvalue weighted by Gasteiger charge is -2.13. The second kappa shape index (κ2) is 7.26. The molecular weight excluding hydrogens is 318 g/mol. The van der Waals surface area contributed by atoms with E-state index in [1.807, 2.05) is 0 Å². The molecule has 0 radical (unpaired) electrons. The van der Waals surface area contributed by atoms with Crippen LogP contribution in [0.15, 0.2) is 17.8 Å². The van der Waals surface area contributed by atoms with Crippen molar-refractivity contribution in [3.8, 4) is 0 Å². The van der Waals surface area contributed by atoms with Crippen LogP contribution in [0.1, 0.15) is 24.2 Å². The molecule has 0 unspecified atom stereocenters. The third kappa shape index (κ3) is 4.30. The Bertz CT molecular complexity index is 669. The Labute approximate surface area is 130 Å². The van der Waals surface area contributed by atoms with Gasteiger partial charge < -0.3 is 9.64 Å². The number of rotatable bonds is 5. The fourth-order valence-corrected chi connectivity index (χ4v) is 1.62. The van der Waals surface area contributed by atoms with Crippen LogP contribution in [-0.2, 0) is 9.53 Å². The first-order valence-electron chi connectivity index (χ1n) is 6.53. The van der Waals surface area contributed by atoms with Gasteiger partial charge in [-0.1, -0.05) is 0 Å². The number of nitrogens with zero attached hydrogens (tertiary/aromatic N) is 1. The van der Waals surface area contributed by atoms with E-state index in [0.717, 1.165) is 6.20 Å². The van der Waals surface area contributed by atoms with Crippen LogP contribution < -0.4 is 0 Å². The van der Waals surface area contributed by atoms with Crippen LogP contribution in [0.2, 0.25) is 0 Å². The van der Waals surface area contributed by atoms with E-state index in [4.69, 9.17) is 4.74 Å². The molecule has 1 aromatic rings. The highest BCUT2D eigenvalue weighted by atomic mass is 19.2. The van der Waals surface area contributed by atoms with E-state index in [0.29, 0.717) is 0 Å². The van der Waals surface area contributed by atoms with Crippen molar-refractivity contribution < 1.29 is 31.9 Å². The van der Waals surface area contributed by atoms with Gasteiger partial charge in [0.1, 0.15) is 5.57 Å². The van der Waals surface area contributed by atoms with Crippen molar-refractivity contribution in [1.82, 2.24) is 4.90 Å². The van der Waals surface area contributed by atoms with Crippen LogP contribution in [0.5, 0.6) is 0 Å². The number of ether oxygens (including phenoxy) is 1. The molecule has 126 valence electrons. The van der Waals surface area contributed by atoms with Gasteiger partial charge in [0.25, 0.3) is 0 Å². The number of halogens is 4. The zero-order chi connectivity index (χ0) is 17.9. The molecule has 0 saturated carbocycles. The molecule has 0 aliphatic rings. The van der Waals surface area contributed by atoms with Gasteiger partial charge in [0, 0.05) is 20.3 Å². The molecule has 1 rings (SSSR count). The van der Waals surface area contributed by atoms with Gasteiger partial charge in [-0.3, -0.25) is 4.79 Å². The number of benzene rings is 1. The standard InChI is InChI=1S/C15H15F4NO3/c1-7(2)23-15(22)9(6-20(3)4)14(21)8-5-10(16)12(18)13(19)11(8)17/h5-7H,1-4H3. The predicted octanol–water partition coefficient (Wildman–Crippen LogP) is 2.82. The molecule has 0 spiro atoms. The average molecular weight is 333 g/mol. The highest BCUT2D eigenvalue weighted by Gasteiger charge is 2.29. The van der Waals surface area contributed by atoms with Crippen LogP contribution in [0, 0.1) is 23.3 Å². The lowest BCUT2D eigenvalue weighted by molar-refractivity contribution is -0.142. The Hall–Kier alpha value is -2.38. The molecule has 0 N–H and O–H groups in total. The lowest BCUT2D eigenvalue weighted by atomic mass is 10.0. The molecule has 0 atom stereocenters. The Morgan fingerprint density at radius 1 is 1.09 bits per heavy atom. The summed E-state index contributed by atoms with van der Waals surface area (Å²) in [6.45, 7) is 3.04. The highest BCUT2D eigenvalue weighted by Crippen LogP contribution is 2.22. The highest BCUT2D eigenvalue weighted by molar-refractivity contribution is 6.24. The van der Waals surface area contributed by atoms with Gasteiger partial charge in [-0.15, -0.1) is 0 Å². The van der Waals surface area contributed by atoms with E-state index >= 15 is 0 Å². The van der Waals surface area contributed by atoms with Crippen molar-refractivity contribution in [3.05, 3.63) is 46.7 Å². The van der Waals surface area contributed by atoms with E-state index in [1.54, 1.807) is 0 Å². The van der Waals surface area contributed by atoms with E-state index in [9.17, 15) is 27.2 Å². The summed E-state index contributed by atoms with van der Waals surface area (Å²) in [6.07, 6.45) is 0.443. The number of hydrogen-bond acceptors (Lipinski definition) is 4. The molecule has 4 nitrogen and oxygen atoms in total. The van der Waals surface area contributed by atoms with Gasteiger partial charge in [0.2, 0.25) is 5.78 Å². The molecule has 0 aliphatic carbocycles. The van der Waals surface area contributed by atoms with E-state index < -0.39 is 52.3 Å². The summed E-state index contributed by atoms with van der Waals surface area (Å²) in [5.74, 6) is -10.2. The number of esters is 1. The molecule has 0 bridgehead atoms. The smallest absolute Gasteiger partial charge is 0.343 e. The molecule has 0 aliphatic heterocycles. The summed E-state index contributed by atoms with van der Waals surface area (Å²) in [6, 6.07) is 0.197. The lowest BCUT2D eigenvalue weighted by Crippen LogP contribution is -2.23. The number of ketones is 1. The van der Waals surface area contributed by atoms with Crippen molar-refractivity contribution >= 4 is 11.8 Å². The van der Waals surface area contributed by atoms with Crippen LogP contribution in [0.25, 0.3) is 0 Å². The van der Waals surface area contributed by atoms with Crippen molar-refractivity contribution in [1.29, 1.82) is 0 Å². The second-order valence-corrected chi connectivity index (χ2v) is 5.14. The van der Waals surface area contributed by atoms with Crippen molar-refractivity contribution in [2.45, 2.75) is 20.0 Å². The first kappa shape index (κ1) is 18.7. The molecule has 0 fully saturated rings. The maximum absolute atomic E-state index is 13.7. The summed E-state index contributed by atoms with van der Waals surface area (Å²) in [5, 5.41) is 0. The summed E-state index contributed by atoms with van der Waals surface area (Å²) < 4.78 is 58.0. The monoisotopic (exact) mass is 333 g/mol. The van der Waals surface area contributed by atoms with Crippen LogP contribution in [-0.4, -0.2) is 36.9 Å². The second-order valence-electron chi connectivity index (χ2n) is 5.14. The van der Waals surface area contributed by atoms with Crippen LogP contribution in [0.3, 0.4) is 0 Å².